The molecule has 0 aliphatic carbocycles. The summed E-state index contributed by atoms with van der Waals surface area (Å²) in [4.78, 5) is 38.6. The van der Waals surface area contributed by atoms with E-state index in [9.17, 15) is 14.4 Å². The second-order valence-electron chi connectivity index (χ2n) is 6.35. The lowest BCUT2D eigenvalue weighted by molar-refractivity contribution is -0.142. The van der Waals surface area contributed by atoms with Gasteiger partial charge in [-0.25, -0.2) is 0 Å². The number of carbonyl (C=O) groups is 3. The summed E-state index contributed by atoms with van der Waals surface area (Å²) in [6, 6.07) is 3.36. The highest BCUT2D eigenvalue weighted by molar-refractivity contribution is 5.91. The van der Waals surface area contributed by atoms with Gasteiger partial charge in [0.25, 0.3) is 5.91 Å². The van der Waals surface area contributed by atoms with E-state index in [2.05, 4.69) is 0 Å². The van der Waals surface area contributed by atoms with Gasteiger partial charge in [0.05, 0.1) is 12.7 Å². The molecular weight excluding hydrogens is 300 g/mol. The van der Waals surface area contributed by atoms with Crippen LogP contribution in [0, 0.1) is 11.8 Å². The maximum Gasteiger partial charge on any atom is 0.303 e. The molecule has 2 amide bonds. The first-order valence-electron chi connectivity index (χ1n) is 7.85. The molecule has 2 saturated heterocycles. The van der Waals surface area contributed by atoms with Crippen molar-refractivity contribution in [1.82, 2.24) is 9.80 Å². The van der Waals surface area contributed by atoms with Crippen LogP contribution >= 0.6 is 0 Å². The molecule has 7 nitrogen and oxygen atoms in total. The number of carboxylic acids is 1. The average Bonchev–Trinajstić information content (AvgIpc) is 3.05. The second kappa shape index (κ2) is 6.44. The molecule has 0 aromatic carbocycles. The van der Waals surface area contributed by atoms with Crippen molar-refractivity contribution in [1.29, 1.82) is 0 Å². The van der Waals surface area contributed by atoms with Crippen molar-refractivity contribution in [3.05, 3.63) is 24.2 Å². The first-order chi connectivity index (χ1) is 11.0. The minimum absolute atomic E-state index is 0.0454. The summed E-state index contributed by atoms with van der Waals surface area (Å²) >= 11 is 0. The van der Waals surface area contributed by atoms with Crippen LogP contribution < -0.4 is 0 Å². The molecule has 2 unspecified atom stereocenters. The van der Waals surface area contributed by atoms with Crippen LogP contribution in [0.1, 0.15) is 29.8 Å². The Morgan fingerprint density at radius 2 is 1.74 bits per heavy atom. The standard InChI is InChI=1S/C16H20N2O5/c19-14(3-4-15(20)21)17-7-11-6-12(8-17)10-18(9-11)16(22)13-2-1-5-23-13/h1-2,5,11-12H,3-4,6-10H2,(H,20,21). The van der Waals surface area contributed by atoms with Gasteiger partial charge in [0.1, 0.15) is 0 Å². The molecule has 3 rings (SSSR count). The molecule has 2 aliphatic heterocycles. The molecular formula is C16H20N2O5. The molecule has 23 heavy (non-hydrogen) atoms. The van der Waals surface area contributed by atoms with E-state index in [-0.39, 0.29) is 36.5 Å². The van der Waals surface area contributed by atoms with Crippen LogP contribution in [0.2, 0.25) is 0 Å². The first-order valence-corrected chi connectivity index (χ1v) is 7.85. The number of carboxylic acid groups (broad SMARTS) is 1. The van der Waals surface area contributed by atoms with Crippen LogP contribution in [-0.4, -0.2) is 58.9 Å². The molecule has 124 valence electrons. The molecule has 1 N–H and O–H groups in total. The summed E-state index contributed by atoms with van der Waals surface area (Å²) in [6.07, 6.45) is 2.41. The van der Waals surface area contributed by atoms with E-state index in [0.717, 1.165) is 6.42 Å². The van der Waals surface area contributed by atoms with Crippen LogP contribution in [0.4, 0.5) is 0 Å². The fourth-order valence-corrected chi connectivity index (χ4v) is 3.58. The molecule has 2 aliphatic rings. The third kappa shape index (κ3) is 3.55. The largest absolute Gasteiger partial charge is 0.481 e. The third-order valence-electron chi connectivity index (χ3n) is 4.51. The Hall–Kier alpha value is -2.31. The summed E-state index contributed by atoms with van der Waals surface area (Å²) in [7, 11) is 0. The van der Waals surface area contributed by atoms with Gasteiger partial charge < -0.3 is 19.3 Å². The Kier molecular flexibility index (Phi) is 4.36. The number of hydrogen-bond donors (Lipinski definition) is 1. The average molecular weight is 320 g/mol. The summed E-state index contributed by atoms with van der Waals surface area (Å²) in [6.45, 7) is 2.41. The lowest BCUT2D eigenvalue weighted by Gasteiger charge is -2.45. The number of amides is 2. The predicted octanol–water partition coefficient (Wildman–Crippen LogP) is 1.06. The van der Waals surface area contributed by atoms with Gasteiger partial charge in [-0.15, -0.1) is 0 Å². The Bertz CT molecular complexity index is 584. The van der Waals surface area contributed by atoms with Crippen molar-refractivity contribution in [2.24, 2.45) is 11.8 Å². The number of hydrogen-bond acceptors (Lipinski definition) is 4. The lowest BCUT2D eigenvalue weighted by atomic mass is 9.84. The van der Waals surface area contributed by atoms with Crippen molar-refractivity contribution in [3.63, 3.8) is 0 Å². The maximum absolute atomic E-state index is 12.4. The normalized spacial score (nSPS) is 23.7. The molecule has 3 heterocycles. The van der Waals surface area contributed by atoms with Gasteiger partial charge in [0.2, 0.25) is 5.91 Å². The Morgan fingerprint density at radius 1 is 1.09 bits per heavy atom. The van der Waals surface area contributed by atoms with Gasteiger partial charge in [-0.2, -0.15) is 0 Å². The zero-order valence-corrected chi connectivity index (χ0v) is 12.8. The quantitative estimate of drug-likeness (QED) is 0.896. The van der Waals surface area contributed by atoms with E-state index < -0.39 is 5.97 Å². The first kappa shape index (κ1) is 15.6. The number of carbonyl (C=O) groups excluding carboxylic acids is 2. The highest BCUT2D eigenvalue weighted by atomic mass is 16.4. The number of nitrogens with zero attached hydrogens (tertiary/aromatic N) is 2. The highest BCUT2D eigenvalue weighted by Crippen LogP contribution is 2.29. The minimum atomic E-state index is -0.953. The van der Waals surface area contributed by atoms with Crippen molar-refractivity contribution < 1.29 is 23.9 Å². The van der Waals surface area contributed by atoms with E-state index in [1.165, 1.54) is 6.26 Å². The van der Waals surface area contributed by atoms with Crippen molar-refractivity contribution in [2.75, 3.05) is 26.2 Å². The Morgan fingerprint density at radius 3 is 2.30 bits per heavy atom. The topological polar surface area (TPSA) is 91.1 Å². The van der Waals surface area contributed by atoms with Crippen molar-refractivity contribution in [3.8, 4) is 0 Å². The van der Waals surface area contributed by atoms with Gasteiger partial charge in [-0.1, -0.05) is 0 Å². The van der Waals surface area contributed by atoms with Crippen molar-refractivity contribution >= 4 is 17.8 Å². The molecule has 2 fully saturated rings. The molecule has 2 bridgehead atoms. The SMILES string of the molecule is O=C(O)CCC(=O)N1CC2CC(C1)CN(C(=O)c1ccco1)C2. The Labute approximate surface area is 133 Å². The monoisotopic (exact) mass is 320 g/mol. The second-order valence-corrected chi connectivity index (χ2v) is 6.35. The molecule has 7 heteroatoms. The molecule has 0 saturated carbocycles. The third-order valence-corrected chi connectivity index (χ3v) is 4.51. The molecule has 0 spiro atoms. The van der Waals surface area contributed by atoms with E-state index >= 15 is 0 Å². The van der Waals surface area contributed by atoms with Gasteiger partial charge in [-0.3, -0.25) is 14.4 Å². The van der Waals surface area contributed by atoms with Gasteiger partial charge in [0.15, 0.2) is 5.76 Å². The molecule has 2 atom stereocenters. The van der Waals surface area contributed by atoms with Crippen LogP contribution in [0.15, 0.2) is 22.8 Å². The van der Waals surface area contributed by atoms with Gasteiger partial charge in [0, 0.05) is 32.6 Å². The van der Waals surface area contributed by atoms with Crippen LogP contribution in [0.25, 0.3) is 0 Å². The van der Waals surface area contributed by atoms with Crippen LogP contribution in [-0.2, 0) is 9.59 Å². The summed E-state index contributed by atoms with van der Waals surface area (Å²) in [5.74, 6) is -0.321. The fourth-order valence-electron chi connectivity index (χ4n) is 3.58. The number of aliphatic carboxylic acids is 1. The molecule has 0 radical (unpaired) electrons. The summed E-state index contributed by atoms with van der Waals surface area (Å²) < 4.78 is 5.17. The van der Waals surface area contributed by atoms with Crippen molar-refractivity contribution in [2.45, 2.75) is 19.3 Å². The Balaban J connectivity index is 1.59. The zero-order chi connectivity index (χ0) is 16.4. The zero-order valence-electron chi connectivity index (χ0n) is 12.8. The fraction of sp³-hybridized carbons (Fsp3) is 0.562. The molecule has 1 aromatic rings. The van der Waals surface area contributed by atoms with E-state index in [0.29, 0.717) is 31.9 Å². The maximum atomic E-state index is 12.4. The van der Waals surface area contributed by atoms with Gasteiger partial charge >= 0.3 is 5.97 Å². The number of piperidine rings is 2. The molecule has 1 aromatic heterocycles. The van der Waals surface area contributed by atoms with Crippen LogP contribution in [0.3, 0.4) is 0 Å². The van der Waals surface area contributed by atoms with Crippen LogP contribution in [0.5, 0.6) is 0 Å². The van der Waals surface area contributed by atoms with E-state index in [4.69, 9.17) is 9.52 Å². The lowest BCUT2D eigenvalue weighted by Crippen LogP contribution is -2.55. The number of rotatable bonds is 4. The smallest absolute Gasteiger partial charge is 0.303 e. The van der Waals surface area contributed by atoms with Gasteiger partial charge in [-0.05, 0) is 30.4 Å². The predicted molar refractivity (Wildman–Crippen MR) is 79.7 cm³/mol. The van der Waals surface area contributed by atoms with E-state index in [1.54, 1.807) is 21.9 Å². The number of likely N-dealkylation sites (tertiary alicyclic amines) is 2. The summed E-state index contributed by atoms with van der Waals surface area (Å²) in [5, 5.41) is 8.68. The van der Waals surface area contributed by atoms with E-state index in [1.807, 2.05) is 0 Å². The summed E-state index contributed by atoms with van der Waals surface area (Å²) in [5.41, 5.74) is 0. The number of fused-ring (bicyclic) bond motifs is 2. The minimum Gasteiger partial charge on any atom is -0.481 e. The number of furan rings is 1. The highest BCUT2D eigenvalue weighted by Gasteiger charge is 2.37.